The highest BCUT2D eigenvalue weighted by atomic mass is 19.3. The zero-order chi connectivity index (χ0) is 16.8. The van der Waals surface area contributed by atoms with E-state index in [1.165, 1.54) is 24.3 Å². The monoisotopic (exact) mass is 308 g/mol. The standard InChI is InChI=1S/C18H22F2O2/c1-13(2)8-7-9-14(3)12-16(21)18(19,20)17(22)15-10-5-4-6-11-15/h4-6,8,10-12,16,21H,7,9H2,1-3H3/b14-12+. The van der Waals surface area contributed by atoms with Gasteiger partial charge in [-0.2, -0.15) is 8.78 Å². The summed E-state index contributed by atoms with van der Waals surface area (Å²) in [6.07, 6.45) is 2.23. The average Bonchev–Trinajstić information content (AvgIpc) is 2.46. The van der Waals surface area contributed by atoms with E-state index < -0.39 is 17.8 Å². The summed E-state index contributed by atoms with van der Waals surface area (Å²) in [6, 6.07) is 7.29. The molecule has 0 amide bonds. The highest BCUT2D eigenvalue weighted by molar-refractivity contribution is 6.01. The minimum atomic E-state index is -3.83. The molecule has 0 aliphatic rings. The number of hydrogen-bond acceptors (Lipinski definition) is 2. The van der Waals surface area contributed by atoms with Crippen molar-refractivity contribution in [3.05, 3.63) is 59.2 Å². The van der Waals surface area contributed by atoms with Gasteiger partial charge in [0.05, 0.1) is 0 Å². The molecule has 0 spiro atoms. The maximum absolute atomic E-state index is 14.1. The number of aliphatic hydroxyl groups is 1. The van der Waals surface area contributed by atoms with Gasteiger partial charge >= 0.3 is 5.92 Å². The number of halogens is 2. The summed E-state index contributed by atoms with van der Waals surface area (Å²) >= 11 is 0. The summed E-state index contributed by atoms with van der Waals surface area (Å²) in [4.78, 5) is 11.8. The van der Waals surface area contributed by atoms with Gasteiger partial charge in [-0.15, -0.1) is 0 Å². The molecule has 1 rings (SSSR count). The summed E-state index contributed by atoms with van der Waals surface area (Å²) in [5, 5.41) is 9.72. The molecule has 0 saturated heterocycles. The number of rotatable bonds is 7. The molecule has 0 bridgehead atoms. The largest absolute Gasteiger partial charge is 0.382 e. The lowest BCUT2D eigenvalue weighted by Crippen LogP contribution is -2.40. The van der Waals surface area contributed by atoms with Crippen LogP contribution in [0.4, 0.5) is 8.78 Å². The molecule has 0 aliphatic carbocycles. The predicted molar refractivity (Wildman–Crippen MR) is 84.1 cm³/mol. The Morgan fingerprint density at radius 1 is 1.23 bits per heavy atom. The molecule has 0 heterocycles. The van der Waals surface area contributed by atoms with Crippen LogP contribution in [0.2, 0.25) is 0 Å². The van der Waals surface area contributed by atoms with E-state index in [0.29, 0.717) is 12.0 Å². The highest BCUT2D eigenvalue weighted by Crippen LogP contribution is 2.26. The Balaban J connectivity index is 2.79. The van der Waals surface area contributed by atoms with Gasteiger partial charge in [-0.25, -0.2) is 0 Å². The van der Waals surface area contributed by atoms with E-state index >= 15 is 0 Å². The van der Waals surface area contributed by atoms with Crippen LogP contribution in [0.25, 0.3) is 0 Å². The van der Waals surface area contributed by atoms with E-state index in [9.17, 15) is 18.7 Å². The number of ketones is 1. The Kier molecular flexibility index (Phi) is 6.62. The summed E-state index contributed by atoms with van der Waals surface area (Å²) in [7, 11) is 0. The van der Waals surface area contributed by atoms with Gasteiger partial charge in [-0.1, -0.05) is 53.6 Å². The molecule has 0 aliphatic heterocycles. The van der Waals surface area contributed by atoms with Crippen LogP contribution in [0.1, 0.15) is 44.0 Å². The normalized spacial score (nSPS) is 13.6. The van der Waals surface area contributed by atoms with Gasteiger partial charge in [0.2, 0.25) is 5.78 Å². The first kappa shape index (κ1) is 18.2. The number of allylic oxidation sites excluding steroid dienone is 3. The lowest BCUT2D eigenvalue weighted by molar-refractivity contribution is -0.0572. The van der Waals surface area contributed by atoms with Crippen molar-refractivity contribution in [2.45, 2.75) is 45.6 Å². The molecule has 4 heteroatoms. The van der Waals surface area contributed by atoms with Crippen LogP contribution in [-0.2, 0) is 0 Å². The fourth-order valence-electron chi connectivity index (χ4n) is 1.96. The first-order valence-electron chi connectivity index (χ1n) is 7.21. The first-order chi connectivity index (χ1) is 10.2. The second-order valence-electron chi connectivity index (χ2n) is 5.60. The van der Waals surface area contributed by atoms with Crippen molar-refractivity contribution in [1.29, 1.82) is 0 Å². The Labute approximate surface area is 130 Å². The molecular formula is C18H22F2O2. The van der Waals surface area contributed by atoms with E-state index in [1.807, 2.05) is 19.9 Å². The molecule has 2 nitrogen and oxygen atoms in total. The van der Waals surface area contributed by atoms with Gasteiger partial charge in [-0.05, 0) is 33.6 Å². The third-order valence-corrected chi connectivity index (χ3v) is 3.24. The van der Waals surface area contributed by atoms with Crippen LogP contribution in [0.15, 0.2) is 53.6 Å². The number of hydrogen-bond donors (Lipinski definition) is 1. The summed E-state index contributed by atoms with van der Waals surface area (Å²) in [5.74, 6) is -5.20. The first-order valence-corrected chi connectivity index (χ1v) is 7.21. The Morgan fingerprint density at radius 2 is 1.82 bits per heavy atom. The number of aliphatic hydroxyl groups excluding tert-OH is 1. The van der Waals surface area contributed by atoms with E-state index in [2.05, 4.69) is 0 Å². The zero-order valence-electron chi connectivity index (χ0n) is 13.1. The van der Waals surface area contributed by atoms with Crippen LogP contribution in [0.3, 0.4) is 0 Å². The third kappa shape index (κ3) is 5.19. The molecule has 0 saturated carbocycles. The number of alkyl halides is 2. The molecule has 0 aromatic heterocycles. The molecule has 1 aromatic carbocycles. The molecule has 22 heavy (non-hydrogen) atoms. The van der Waals surface area contributed by atoms with Gasteiger partial charge in [0, 0.05) is 5.56 Å². The molecule has 1 N–H and O–H groups in total. The van der Waals surface area contributed by atoms with E-state index in [4.69, 9.17) is 0 Å². The Bertz CT molecular complexity index is 556. The summed E-state index contributed by atoms with van der Waals surface area (Å²) in [6.45, 7) is 5.59. The number of carbonyl (C=O) groups excluding carboxylic acids is 1. The van der Waals surface area contributed by atoms with Crippen molar-refractivity contribution in [3.63, 3.8) is 0 Å². The van der Waals surface area contributed by atoms with Crippen molar-refractivity contribution in [2.75, 3.05) is 0 Å². The molecule has 1 aromatic rings. The quantitative estimate of drug-likeness (QED) is 0.592. The van der Waals surface area contributed by atoms with Crippen LogP contribution in [0.5, 0.6) is 0 Å². The minimum Gasteiger partial charge on any atom is -0.382 e. The molecule has 0 fully saturated rings. The summed E-state index contributed by atoms with van der Waals surface area (Å²) < 4.78 is 28.1. The van der Waals surface area contributed by atoms with Gasteiger partial charge in [-0.3, -0.25) is 4.79 Å². The minimum absolute atomic E-state index is 0.109. The second-order valence-corrected chi connectivity index (χ2v) is 5.60. The van der Waals surface area contributed by atoms with Crippen LogP contribution in [0, 0.1) is 0 Å². The van der Waals surface area contributed by atoms with Gasteiger partial charge < -0.3 is 5.11 Å². The fraction of sp³-hybridized carbons (Fsp3) is 0.389. The van der Waals surface area contributed by atoms with Crippen LogP contribution in [-0.4, -0.2) is 22.9 Å². The maximum atomic E-state index is 14.1. The number of carbonyl (C=O) groups is 1. The van der Waals surface area contributed by atoms with Crippen LogP contribution < -0.4 is 0 Å². The zero-order valence-corrected chi connectivity index (χ0v) is 13.1. The van der Waals surface area contributed by atoms with E-state index in [0.717, 1.165) is 18.1 Å². The highest BCUT2D eigenvalue weighted by Gasteiger charge is 2.45. The molecule has 120 valence electrons. The van der Waals surface area contributed by atoms with E-state index in [-0.39, 0.29) is 5.56 Å². The number of Topliss-reactive ketones (excluding diaryl/α,β-unsaturated/α-hetero) is 1. The SMILES string of the molecule is CC(C)=CCC/C(C)=C/C(O)C(F)(F)C(=O)c1ccccc1. The fourth-order valence-corrected chi connectivity index (χ4v) is 1.96. The number of benzene rings is 1. The van der Waals surface area contributed by atoms with Crippen molar-refractivity contribution >= 4 is 5.78 Å². The van der Waals surface area contributed by atoms with Crippen molar-refractivity contribution < 1.29 is 18.7 Å². The van der Waals surface area contributed by atoms with Crippen molar-refractivity contribution in [3.8, 4) is 0 Å². The lowest BCUT2D eigenvalue weighted by Gasteiger charge is -2.19. The van der Waals surface area contributed by atoms with Crippen molar-refractivity contribution in [2.24, 2.45) is 0 Å². The molecular weight excluding hydrogens is 286 g/mol. The topological polar surface area (TPSA) is 37.3 Å². The van der Waals surface area contributed by atoms with E-state index in [1.54, 1.807) is 13.0 Å². The molecule has 1 unspecified atom stereocenters. The van der Waals surface area contributed by atoms with Gasteiger partial charge in [0.25, 0.3) is 0 Å². The molecule has 0 radical (unpaired) electrons. The Morgan fingerprint density at radius 3 is 2.36 bits per heavy atom. The maximum Gasteiger partial charge on any atom is 0.338 e. The second kappa shape index (κ2) is 7.99. The molecule has 1 atom stereocenters. The average molecular weight is 308 g/mol. The summed E-state index contributed by atoms with van der Waals surface area (Å²) in [5.41, 5.74) is 1.67. The third-order valence-electron chi connectivity index (χ3n) is 3.24. The van der Waals surface area contributed by atoms with Crippen LogP contribution >= 0.6 is 0 Å². The van der Waals surface area contributed by atoms with Gasteiger partial charge in [0.15, 0.2) is 0 Å². The smallest absolute Gasteiger partial charge is 0.338 e. The van der Waals surface area contributed by atoms with Gasteiger partial charge in [0.1, 0.15) is 6.10 Å². The Hall–Kier alpha value is -1.81. The predicted octanol–water partition coefficient (Wildman–Crippen LogP) is 4.56. The lowest BCUT2D eigenvalue weighted by atomic mass is 9.99. The van der Waals surface area contributed by atoms with Crippen molar-refractivity contribution in [1.82, 2.24) is 0 Å².